The second-order valence-electron chi connectivity index (χ2n) is 9.77. The quantitative estimate of drug-likeness (QED) is 0.306. The van der Waals surface area contributed by atoms with Crippen molar-refractivity contribution in [1.82, 2.24) is 24.9 Å². The molecule has 0 amide bonds. The number of hydrogen-bond donors (Lipinski definition) is 3. The van der Waals surface area contributed by atoms with Crippen molar-refractivity contribution >= 4 is 22.8 Å². The first-order chi connectivity index (χ1) is 18.6. The number of anilines is 2. The Labute approximate surface area is 222 Å². The van der Waals surface area contributed by atoms with E-state index in [0.717, 1.165) is 43.2 Å². The molecule has 0 aromatic carbocycles. The van der Waals surface area contributed by atoms with Gasteiger partial charge in [-0.2, -0.15) is 18.4 Å². The molecule has 3 N–H and O–H groups in total. The lowest BCUT2D eigenvalue weighted by atomic mass is 9.89. The molecule has 4 aromatic rings. The average Bonchev–Trinajstić information content (AvgIpc) is 3.36. The summed E-state index contributed by atoms with van der Waals surface area (Å²) in [7, 11) is 0. The van der Waals surface area contributed by atoms with Gasteiger partial charge in [0.2, 0.25) is 5.95 Å². The molecular weight excluding hydrogens is 509 g/mol. The summed E-state index contributed by atoms with van der Waals surface area (Å²) in [5, 5.41) is 23.5. The fraction of sp³-hybridized carbons (Fsp3) is 0.370. The molecular formula is C27H27F3N8O. The van der Waals surface area contributed by atoms with Gasteiger partial charge >= 0.3 is 6.18 Å². The van der Waals surface area contributed by atoms with Crippen molar-refractivity contribution in [3.05, 3.63) is 59.7 Å². The van der Waals surface area contributed by atoms with E-state index in [1.165, 1.54) is 12.4 Å². The first kappa shape index (κ1) is 26.4. The summed E-state index contributed by atoms with van der Waals surface area (Å²) in [6, 6.07) is 6.64. The number of aromatic nitrogens is 5. The largest absolute Gasteiger partial charge is 0.417 e. The highest BCUT2D eigenvalue weighted by Crippen LogP contribution is 2.35. The van der Waals surface area contributed by atoms with Crippen molar-refractivity contribution in [2.24, 2.45) is 0 Å². The zero-order chi connectivity index (χ0) is 27.8. The Morgan fingerprint density at radius 2 is 1.95 bits per heavy atom. The highest BCUT2D eigenvalue weighted by atomic mass is 19.4. The number of nitrogens with zero attached hydrogens (tertiary/aromatic N) is 6. The molecule has 0 saturated carbocycles. The van der Waals surface area contributed by atoms with Gasteiger partial charge in [0, 0.05) is 42.6 Å². The lowest BCUT2D eigenvalue weighted by Gasteiger charge is -2.38. The highest BCUT2D eigenvalue weighted by Gasteiger charge is 2.32. The smallest absolute Gasteiger partial charge is 0.390 e. The van der Waals surface area contributed by atoms with Crippen LogP contribution < -0.4 is 10.2 Å². The Morgan fingerprint density at radius 3 is 2.59 bits per heavy atom. The zero-order valence-electron chi connectivity index (χ0n) is 21.4. The van der Waals surface area contributed by atoms with E-state index in [-0.39, 0.29) is 34.3 Å². The minimum absolute atomic E-state index is 0.119. The number of piperidine rings is 1. The lowest BCUT2D eigenvalue weighted by molar-refractivity contribution is -0.137. The Bertz CT molecular complexity index is 1520. The number of rotatable bonds is 6. The minimum Gasteiger partial charge on any atom is -0.390 e. The minimum atomic E-state index is -4.56. The first-order valence-electron chi connectivity index (χ1n) is 12.6. The summed E-state index contributed by atoms with van der Waals surface area (Å²) >= 11 is 0. The summed E-state index contributed by atoms with van der Waals surface area (Å²) in [6.07, 6.45) is 2.94. The van der Waals surface area contributed by atoms with Crippen LogP contribution in [0.1, 0.15) is 55.8 Å². The fourth-order valence-corrected chi connectivity index (χ4v) is 4.72. The maximum atomic E-state index is 13.3. The number of halogens is 3. The van der Waals surface area contributed by atoms with Crippen LogP contribution in [-0.2, 0) is 6.18 Å². The Hall–Kier alpha value is -4.24. The van der Waals surface area contributed by atoms with E-state index in [1.54, 1.807) is 6.20 Å². The predicted octanol–water partition coefficient (Wildman–Crippen LogP) is 5.22. The Morgan fingerprint density at radius 1 is 1.18 bits per heavy atom. The van der Waals surface area contributed by atoms with Crippen LogP contribution in [0.5, 0.6) is 0 Å². The number of alkyl halides is 3. The van der Waals surface area contributed by atoms with Gasteiger partial charge in [0.05, 0.1) is 34.7 Å². The number of nitrogens with one attached hydrogen (secondary N) is 2. The summed E-state index contributed by atoms with van der Waals surface area (Å²) in [5.41, 5.74) is 0.273. The number of fused-ring (bicyclic) bond motifs is 1. The summed E-state index contributed by atoms with van der Waals surface area (Å²) in [5.74, 6) is 1.05. The molecule has 12 heteroatoms. The van der Waals surface area contributed by atoms with Crippen molar-refractivity contribution in [2.45, 2.75) is 50.9 Å². The van der Waals surface area contributed by atoms with Gasteiger partial charge in [0.1, 0.15) is 17.5 Å². The summed E-state index contributed by atoms with van der Waals surface area (Å²) < 4.78 is 39.9. The molecule has 202 valence electrons. The van der Waals surface area contributed by atoms with Crippen LogP contribution >= 0.6 is 0 Å². The van der Waals surface area contributed by atoms with Crippen LogP contribution in [0.2, 0.25) is 0 Å². The molecule has 39 heavy (non-hydrogen) atoms. The van der Waals surface area contributed by atoms with E-state index >= 15 is 0 Å². The van der Waals surface area contributed by atoms with Crippen LogP contribution in [0.25, 0.3) is 22.3 Å². The van der Waals surface area contributed by atoms with Crippen LogP contribution in [-0.4, -0.2) is 48.7 Å². The van der Waals surface area contributed by atoms with Crippen LogP contribution in [0, 0.1) is 11.3 Å². The van der Waals surface area contributed by atoms with Gasteiger partial charge in [-0.15, -0.1) is 0 Å². The molecule has 1 fully saturated rings. The number of nitriles is 1. The van der Waals surface area contributed by atoms with Gasteiger partial charge in [0.25, 0.3) is 0 Å². The molecule has 1 saturated heterocycles. The average molecular weight is 537 g/mol. The van der Waals surface area contributed by atoms with Gasteiger partial charge in [-0.05, 0) is 43.9 Å². The third-order valence-electron chi connectivity index (χ3n) is 7.32. The third-order valence-corrected chi connectivity index (χ3v) is 7.32. The van der Waals surface area contributed by atoms with Gasteiger partial charge in [-0.1, -0.05) is 13.0 Å². The number of aliphatic hydroxyl groups is 1. The van der Waals surface area contributed by atoms with E-state index in [9.17, 15) is 23.5 Å². The zero-order valence-corrected chi connectivity index (χ0v) is 21.4. The maximum Gasteiger partial charge on any atom is 0.417 e. The fourth-order valence-electron chi connectivity index (χ4n) is 4.72. The highest BCUT2D eigenvalue weighted by molar-refractivity contribution is 5.94. The molecule has 9 nitrogen and oxygen atoms in total. The molecule has 0 bridgehead atoms. The number of pyridine rings is 2. The lowest BCUT2D eigenvalue weighted by Crippen LogP contribution is -2.44. The topological polar surface area (TPSA) is 127 Å². The van der Waals surface area contributed by atoms with Gasteiger partial charge in [-0.3, -0.25) is 0 Å². The molecule has 0 spiro atoms. The van der Waals surface area contributed by atoms with E-state index in [1.807, 2.05) is 32.0 Å². The molecule has 1 atom stereocenters. The monoisotopic (exact) mass is 536 g/mol. The molecule has 0 aliphatic carbocycles. The predicted molar refractivity (Wildman–Crippen MR) is 140 cm³/mol. The van der Waals surface area contributed by atoms with Gasteiger partial charge < -0.3 is 20.3 Å². The maximum absolute atomic E-state index is 13.3. The van der Waals surface area contributed by atoms with Crippen molar-refractivity contribution in [1.29, 1.82) is 5.26 Å². The normalized spacial score (nSPS) is 16.2. The molecule has 0 radical (unpaired) electrons. The van der Waals surface area contributed by atoms with Crippen molar-refractivity contribution in [3.63, 3.8) is 0 Å². The first-order valence-corrected chi connectivity index (χ1v) is 12.6. The van der Waals surface area contributed by atoms with Crippen LogP contribution in [0.15, 0.2) is 43.0 Å². The second-order valence-corrected chi connectivity index (χ2v) is 9.77. The molecule has 1 unspecified atom stereocenters. The van der Waals surface area contributed by atoms with Gasteiger partial charge in [-0.25, -0.2) is 19.9 Å². The molecule has 1 aliphatic heterocycles. The number of hydrogen-bond acceptors (Lipinski definition) is 8. The van der Waals surface area contributed by atoms with E-state index in [2.05, 4.69) is 35.1 Å². The Kier molecular flexibility index (Phi) is 6.86. The third kappa shape index (κ3) is 5.35. The molecule has 5 heterocycles. The van der Waals surface area contributed by atoms with Crippen LogP contribution in [0.3, 0.4) is 0 Å². The van der Waals surface area contributed by atoms with E-state index in [0.29, 0.717) is 18.4 Å². The van der Waals surface area contributed by atoms with E-state index < -0.39 is 17.3 Å². The summed E-state index contributed by atoms with van der Waals surface area (Å²) in [4.78, 5) is 22.2. The molecule has 5 rings (SSSR count). The molecule has 1 aliphatic rings. The van der Waals surface area contributed by atoms with Gasteiger partial charge in [0.15, 0.2) is 0 Å². The number of aromatic amines is 1. The number of H-pyrrole nitrogens is 1. The standard InChI is InChI=1S/C27H27F3N8O/c1-3-26(39)6-8-38(9-7-26)22-5-4-17(12-32-22)16(2)36-25-35-13-18(11-31)23(37-25)21-15-34-24-20(21)10-19(14-33-24)27(28,29)30/h4-5,10,12-16,39H,3,6-9H2,1-2H3,(H,33,34)(H,35,36,37). The van der Waals surface area contributed by atoms with Crippen molar-refractivity contribution < 1.29 is 18.3 Å². The van der Waals surface area contributed by atoms with Crippen LogP contribution in [0.4, 0.5) is 24.9 Å². The summed E-state index contributed by atoms with van der Waals surface area (Å²) in [6.45, 7) is 5.38. The molecule has 4 aromatic heterocycles. The SMILES string of the molecule is CCC1(O)CCN(c2ccc(C(C)Nc3ncc(C#N)c(-c4c[nH]c5ncc(C(F)(F)F)cc45)n3)cn2)CC1. The van der Waals surface area contributed by atoms with Crippen molar-refractivity contribution in [3.8, 4) is 17.3 Å². The van der Waals surface area contributed by atoms with E-state index in [4.69, 9.17) is 0 Å². The Balaban J connectivity index is 1.36. The second kappa shape index (κ2) is 10.1. The van der Waals surface area contributed by atoms with Crippen molar-refractivity contribution in [2.75, 3.05) is 23.3 Å².